The van der Waals surface area contributed by atoms with Crippen molar-refractivity contribution in [3.63, 3.8) is 0 Å². The lowest BCUT2D eigenvalue weighted by atomic mass is 9.89. The molecule has 1 heterocycles. The molecule has 1 aliphatic carbocycles. The normalized spacial score (nSPS) is 13.9. The first-order valence-electron chi connectivity index (χ1n) is 7.66. The van der Waals surface area contributed by atoms with Gasteiger partial charge < -0.3 is 5.11 Å². The maximum absolute atomic E-state index is 12.1. The summed E-state index contributed by atoms with van der Waals surface area (Å²) in [5, 5.41) is 9.08. The molecule has 2 aromatic rings. The van der Waals surface area contributed by atoms with Gasteiger partial charge in [0.15, 0.2) is 0 Å². The number of hydrogen-bond acceptors (Lipinski definition) is 3. The van der Waals surface area contributed by atoms with Crippen molar-refractivity contribution in [1.82, 2.24) is 4.57 Å². The first-order chi connectivity index (χ1) is 10.6. The zero-order valence-electron chi connectivity index (χ0n) is 12.6. The van der Waals surface area contributed by atoms with E-state index in [1.807, 2.05) is 13.0 Å². The molecule has 0 radical (unpaired) electrons. The van der Waals surface area contributed by atoms with Crippen molar-refractivity contribution in [3.8, 4) is 11.3 Å². The summed E-state index contributed by atoms with van der Waals surface area (Å²) >= 11 is 1.16. The molecule has 0 saturated heterocycles. The highest BCUT2D eigenvalue weighted by molar-refractivity contribution is 7.09. The molecule has 1 aromatic carbocycles. The summed E-state index contributed by atoms with van der Waals surface area (Å²) in [6.45, 7) is 1.72. The summed E-state index contributed by atoms with van der Waals surface area (Å²) in [4.78, 5) is 24.0. The van der Waals surface area contributed by atoms with Gasteiger partial charge in [0.25, 0.3) is 0 Å². The van der Waals surface area contributed by atoms with Crippen LogP contribution in [0, 0.1) is 0 Å². The van der Waals surface area contributed by atoms with Crippen molar-refractivity contribution in [1.29, 1.82) is 0 Å². The third kappa shape index (κ3) is 2.73. The maximum atomic E-state index is 12.1. The van der Waals surface area contributed by atoms with Crippen LogP contribution in [0.4, 0.5) is 0 Å². The van der Waals surface area contributed by atoms with Crippen LogP contribution in [0.2, 0.25) is 0 Å². The lowest BCUT2D eigenvalue weighted by Crippen LogP contribution is -2.20. The van der Waals surface area contributed by atoms with Gasteiger partial charge in [0, 0.05) is 4.88 Å². The molecule has 0 atom stereocenters. The van der Waals surface area contributed by atoms with Crippen LogP contribution >= 0.6 is 11.3 Å². The van der Waals surface area contributed by atoms with E-state index in [-0.39, 0.29) is 11.4 Å². The Morgan fingerprint density at radius 1 is 1.27 bits per heavy atom. The van der Waals surface area contributed by atoms with Gasteiger partial charge in [-0.25, -0.2) is 0 Å². The molecule has 0 bridgehead atoms. The highest BCUT2D eigenvalue weighted by atomic mass is 32.1. The molecular weight excluding hydrogens is 298 g/mol. The van der Waals surface area contributed by atoms with Crippen molar-refractivity contribution in [2.24, 2.45) is 0 Å². The molecular formula is C17H19NO3S. The van der Waals surface area contributed by atoms with E-state index in [1.54, 1.807) is 0 Å². The van der Waals surface area contributed by atoms with Gasteiger partial charge in [-0.3, -0.25) is 14.2 Å². The fourth-order valence-electron chi connectivity index (χ4n) is 3.17. The van der Waals surface area contributed by atoms with E-state index in [1.165, 1.54) is 28.5 Å². The molecule has 4 nitrogen and oxygen atoms in total. The van der Waals surface area contributed by atoms with E-state index in [2.05, 4.69) is 12.1 Å². The third-order valence-corrected chi connectivity index (χ3v) is 5.32. The Morgan fingerprint density at radius 2 is 2.00 bits per heavy atom. The Balaban J connectivity index is 2.14. The van der Waals surface area contributed by atoms with Crippen molar-refractivity contribution in [2.45, 2.75) is 45.6 Å². The zero-order chi connectivity index (χ0) is 15.7. The minimum Gasteiger partial charge on any atom is -0.480 e. The fraction of sp³-hybridized carbons (Fsp3) is 0.412. The molecule has 116 valence electrons. The molecule has 0 amide bonds. The number of aromatic nitrogens is 1. The van der Waals surface area contributed by atoms with Crippen LogP contribution in [0.1, 0.15) is 35.8 Å². The van der Waals surface area contributed by atoms with Crippen LogP contribution in [-0.4, -0.2) is 15.6 Å². The predicted molar refractivity (Wildman–Crippen MR) is 87.7 cm³/mol. The summed E-state index contributed by atoms with van der Waals surface area (Å²) in [5.74, 6) is -0.984. The van der Waals surface area contributed by atoms with E-state index in [0.717, 1.165) is 46.7 Å². The van der Waals surface area contributed by atoms with Gasteiger partial charge in [-0.05, 0) is 54.9 Å². The van der Waals surface area contributed by atoms with Gasteiger partial charge in [-0.2, -0.15) is 0 Å². The standard InChI is InChI=1S/C17H19NO3S/c1-2-14-16(18(10-15(19)20)17(21)22-14)13-8-7-11-5-3-4-6-12(11)9-13/h7-9H,2-6,10H2,1H3,(H,19,20). The van der Waals surface area contributed by atoms with E-state index in [0.29, 0.717) is 0 Å². The van der Waals surface area contributed by atoms with Crippen molar-refractivity contribution < 1.29 is 9.90 Å². The quantitative estimate of drug-likeness (QED) is 0.942. The highest BCUT2D eigenvalue weighted by Crippen LogP contribution is 2.30. The molecule has 22 heavy (non-hydrogen) atoms. The van der Waals surface area contributed by atoms with Crippen LogP contribution in [0.5, 0.6) is 0 Å². The Kier molecular flexibility index (Phi) is 4.16. The minimum atomic E-state index is -0.984. The van der Waals surface area contributed by atoms with Crippen LogP contribution < -0.4 is 4.87 Å². The molecule has 1 aliphatic rings. The van der Waals surface area contributed by atoms with Gasteiger partial charge in [0.2, 0.25) is 0 Å². The number of carboxylic acid groups (broad SMARTS) is 1. The SMILES string of the molecule is CCc1sc(=O)n(CC(=O)O)c1-c1ccc2c(c1)CCCC2. The highest BCUT2D eigenvalue weighted by Gasteiger charge is 2.19. The van der Waals surface area contributed by atoms with Gasteiger partial charge in [-0.1, -0.05) is 30.4 Å². The molecule has 0 spiro atoms. The zero-order valence-corrected chi connectivity index (χ0v) is 13.4. The number of nitrogens with zero attached hydrogens (tertiary/aromatic N) is 1. The van der Waals surface area contributed by atoms with Crippen LogP contribution in [0.25, 0.3) is 11.3 Å². The fourth-order valence-corrected chi connectivity index (χ4v) is 4.11. The van der Waals surface area contributed by atoms with Gasteiger partial charge >= 0.3 is 10.8 Å². The topological polar surface area (TPSA) is 59.3 Å². The van der Waals surface area contributed by atoms with Crippen molar-refractivity contribution >= 4 is 17.3 Å². The Labute approximate surface area is 133 Å². The average molecular weight is 317 g/mol. The maximum Gasteiger partial charge on any atom is 0.323 e. The van der Waals surface area contributed by atoms with Crippen LogP contribution in [0.3, 0.4) is 0 Å². The predicted octanol–water partition coefficient (Wildman–Crippen LogP) is 3.10. The largest absolute Gasteiger partial charge is 0.480 e. The minimum absolute atomic E-state index is 0.188. The molecule has 0 aliphatic heterocycles. The number of thiazole rings is 1. The Bertz CT molecular complexity index is 773. The summed E-state index contributed by atoms with van der Waals surface area (Å²) in [7, 11) is 0. The van der Waals surface area contributed by atoms with E-state index in [9.17, 15) is 9.59 Å². The summed E-state index contributed by atoms with van der Waals surface area (Å²) in [5.41, 5.74) is 4.48. The molecule has 5 heteroatoms. The number of hydrogen-bond donors (Lipinski definition) is 1. The summed E-state index contributed by atoms with van der Waals surface area (Å²) in [6, 6.07) is 6.31. The van der Waals surface area contributed by atoms with Gasteiger partial charge in [0.05, 0.1) is 5.69 Å². The number of carboxylic acids is 1. The van der Waals surface area contributed by atoms with E-state index < -0.39 is 5.97 Å². The van der Waals surface area contributed by atoms with Crippen molar-refractivity contribution in [2.75, 3.05) is 0 Å². The number of aryl methyl sites for hydroxylation is 3. The molecule has 1 N–H and O–H groups in total. The second-order valence-electron chi connectivity index (χ2n) is 5.66. The lowest BCUT2D eigenvalue weighted by molar-refractivity contribution is -0.137. The van der Waals surface area contributed by atoms with Crippen LogP contribution in [0.15, 0.2) is 23.0 Å². The number of rotatable bonds is 4. The smallest absolute Gasteiger partial charge is 0.323 e. The molecule has 0 unspecified atom stereocenters. The van der Waals surface area contributed by atoms with Crippen molar-refractivity contribution in [3.05, 3.63) is 43.9 Å². The molecule has 1 aromatic heterocycles. The molecule has 0 saturated carbocycles. The number of fused-ring (bicyclic) bond motifs is 1. The van der Waals surface area contributed by atoms with E-state index in [4.69, 9.17) is 5.11 Å². The molecule has 0 fully saturated rings. The summed E-state index contributed by atoms with van der Waals surface area (Å²) < 4.78 is 1.40. The summed E-state index contributed by atoms with van der Waals surface area (Å²) in [6.07, 6.45) is 5.34. The number of benzene rings is 1. The van der Waals surface area contributed by atoms with Gasteiger partial charge in [-0.15, -0.1) is 0 Å². The Morgan fingerprint density at radius 3 is 2.68 bits per heavy atom. The number of carbonyl (C=O) groups is 1. The average Bonchev–Trinajstić information content (AvgIpc) is 2.82. The second-order valence-corrected chi connectivity index (χ2v) is 6.71. The lowest BCUT2D eigenvalue weighted by Gasteiger charge is -2.17. The molecule has 3 rings (SSSR count). The third-order valence-electron chi connectivity index (χ3n) is 4.20. The first-order valence-corrected chi connectivity index (χ1v) is 8.48. The second kappa shape index (κ2) is 6.08. The monoisotopic (exact) mass is 317 g/mol. The van der Waals surface area contributed by atoms with E-state index >= 15 is 0 Å². The first kappa shape index (κ1) is 15.0. The van der Waals surface area contributed by atoms with Crippen LogP contribution in [-0.2, 0) is 30.6 Å². The van der Waals surface area contributed by atoms with Gasteiger partial charge in [0.1, 0.15) is 6.54 Å². The Hall–Kier alpha value is -1.88. The number of aliphatic carboxylic acids is 1.